The van der Waals surface area contributed by atoms with Crippen molar-refractivity contribution in [2.75, 3.05) is 0 Å². The molecule has 1 aromatic heterocycles. The molecule has 1 aromatic carbocycles. The van der Waals surface area contributed by atoms with Gasteiger partial charge in [-0.3, -0.25) is 4.79 Å². The van der Waals surface area contributed by atoms with Crippen LogP contribution < -0.4 is 5.32 Å². The summed E-state index contributed by atoms with van der Waals surface area (Å²) in [6.45, 7) is 0. The Balaban J connectivity index is 1.82. The van der Waals surface area contributed by atoms with Gasteiger partial charge in [-0.25, -0.2) is 9.37 Å². The Morgan fingerprint density at radius 3 is 3.04 bits per heavy atom. The first-order valence-electron chi connectivity index (χ1n) is 7.82. The molecule has 1 aliphatic rings. The van der Waals surface area contributed by atoms with Crippen molar-refractivity contribution >= 4 is 5.91 Å². The zero-order valence-corrected chi connectivity index (χ0v) is 13.1. The van der Waals surface area contributed by atoms with Crippen LogP contribution in [0.4, 0.5) is 4.39 Å². The van der Waals surface area contributed by atoms with Crippen molar-refractivity contribution < 1.29 is 9.18 Å². The molecule has 0 aliphatic heterocycles. The molecule has 0 fully saturated rings. The first kappa shape index (κ1) is 15.5. The van der Waals surface area contributed by atoms with Crippen molar-refractivity contribution in [3.63, 3.8) is 0 Å². The van der Waals surface area contributed by atoms with Crippen LogP contribution >= 0.6 is 0 Å². The fourth-order valence-electron chi connectivity index (χ4n) is 2.96. The zero-order chi connectivity index (χ0) is 16.2. The van der Waals surface area contributed by atoms with E-state index in [1.807, 2.05) is 17.8 Å². The van der Waals surface area contributed by atoms with Gasteiger partial charge in [-0.2, -0.15) is 0 Å². The summed E-state index contributed by atoms with van der Waals surface area (Å²) in [5.74, 6) is 0.615. The number of nitrogens with one attached hydrogen (secondary N) is 1. The van der Waals surface area contributed by atoms with Crippen molar-refractivity contribution in [3.05, 3.63) is 66.0 Å². The number of nitrogens with zero attached hydrogens (tertiary/aromatic N) is 2. The number of aryl methyl sites for hydroxylation is 1. The van der Waals surface area contributed by atoms with Gasteiger partial charge < -0.3 is 9.88 Å². The van der Waals surface area contributed by atoms with E-state index in [9.17, 15) is 9.18 Å². The summed E-state index contributed by atoms with van der Waals surface area (Å²) in [7, 11) is 1.86. The van der Waals surface area contributed by atoms with Crippen molar-refractivity contribution in [2.45, 2.75) is 25.3 Å². The molecule has 2 aromatic rings. The van der Waals surface area contributed by atoms with Gasteiger partial charge in [0.15, 0.2) is 0 Å². The highest BCUT2D eigenvalue weighted by molar-refractivity contribution is 5.77. The molecule has 0 unspecified atom stereocenters. The Hall–Kier alpha value is -2.43. The molecule has 120 valence electrons. The summed E-state index contributed by atoms with van der Waals surface area (Å²) in [6, 6.07) is 5.83. The highest BCUT2D eigenvalue weighted by Crippen LogP contribution is 2.24. The standard InChI is InChI=1S/C18H20FN3O/c1-22-10-9-20-18(22)17(14-7-4-8-15(19)12-14)21-16(23)11-13-5-2-3-6-13/h2,4-5,7-10,12-13,17H,3,6,11H2,1H3,(H,21,23)/t13-,17+/m0/s1. The number of benzene rings is 1. The highest BCUT2D eigenvalue weighted by Gasteiger charge is 2.23. The topological polar surface area (TPSA) is 46.9 Å². The van der Waals surface area contributed by atoms with E-state index in [4.69, 9.17) is 0 Å². The first-order chi connectivity index (χ1) is 11.1. The lowest BCUT2D eigenvalue weighted by molar-refractivity contribution is -0.122. The third kappa shape index (κ3) is 3.67. The molecule has 1 aliphatic carbocycles. The quantitative estimate of drug-likeness (QED) is 0.862. The number of aromatic nitrogens is 2. The van der Waals surface area contributed by atoms with Crippen molar-refractivity contribution in [2.24, 2.45) is 13.0 Å². The Morgan fingerprint density at radius 1 is 1.52 bits per heavy atom. The number of hydrogen-bond acceptors (Lipinski definition) is 2. The van der Waals surface area contributed by atoms with Crippen molar-refractivity contribution in [1.82, 2.24) is 14.9 Å². The molecular weight excluding hydrogens is 293 g/mol. The second kappa shape index (κ2) is 6.77. The summed E-state index contributed by atoms with van der Waals surface area (Å²) < 4.78 is 15.4. The minimum Gasteiger partial charge on any atom is -0.342 e. The van der Waals surface area contributed by atoms with Crippen molar-refractivity contribution in [1.29, 1.82) is 0 Å². The summed E-state index contributed by atoms with van der Waals surface area (Å²) >= 11 is 0. The van der Waals surface area contributed by atoms with Gasteiger partial charge in [0.2, 0.25) is 5.91 Å². The normalized spacial score (nSPS) is 18.1. The Morgan fingerprint density at radius 2 is 2.39 bits per heavy atom. The second-order valence-corrected chi connectivity index (χ2v) is 5.92. The second-order valence-electron chi connectivity index (χ2n) is 5.92. The third-order valence-corrected chi connectivity index (χ3v) is 4.16. The largest absolute Gasteiger partial charge is 0.342 e. The lowest BCUT2D eigenvalue weighted by Crippen LogP contribution is -2.32. The molecule has 0 bridgehead atoms. The fraction of sp³-hybridized carbons (Fsp3) is 0.333. The van der Waals surface area contributed by atoms with Gasteiger partial charge in [0, 0.05) is 25.9 Å². The predicted molar refractivity (Wildman–Crippen MR) is 86.1 cm³/mol. The molecule has 0 radical (unpaired) electrons. The summed E-state index contributed by atoms with van der Waals surface area (Å²) in [5.41, 5.74) is 0.689. The van der Waals surface area contributed by atoms with E-state index in [0.717, 1.165) is 12.8 Å². The van der Waals surface area contributed by atoms with Crippen LogP contribution in [0.3, 0.4) is 0 Å². The van der Waals surface area contributed by atoms with E-state index in [2.05, 4.69) is 22.5 Å². The van der Waals surface area contributed by atoms with Crippen LogP contribution in [0.15, 0.2) is 48.8 Å². The van der Waals surface area contributed by atoms with Gasteiger partial charge >= 0.3 is 0 Å². The number of allylic oxidation sites excluding steroid dienone is 2. The van der Waals surface area contributed by atoms with Crippen LogP contribution in [0.5, 0.6) is 0 Å². The average Bonchev–Trinajstić information content (AvgIpc) is 3.16. The molecule has 23 heavy (non-hydrogen) atoms. The molecule has 0 saturated heterocycles. The van der Waals surface area contributed by atoms with Crippen LogP contribution in [0.2, 0.25) is 0 Å². The molecule has 3 rings (SSSR count). The molecule has 4 nitrogen and oxygen atoms in total. The molecule has 2 atom stereocenters. The average molecular weight is 313 g/mol. The van der Waals surface area contributed by atoms with E-state index < -0.39 is 6.04 Å². The van der Waals surface area contributed by atoms with Gasteiger partial charge in [0.05, 0.1) is 0 Å². The van der Waals surface area contributed by atoms with E-state index in [-0.39, 0.29) is 11.7 Å². The predicted octanol–water partition coefficient (Wildman–Crippen LogP) is 3.12. The van der Waals surface area contributed by atoms with Gasteiger partial charge in [-0.15, -0.1) is 0 Å². The van der Waals surface area contributed by atoms with Gasteiger partial charge in [0.25, 0.3) is 0 Å². The third-order valence-electron chi connectivity index (χ3n) is 4.16. The zero-order valence-electron chi connectivity index (χ0n) is 13.1. The highest BCUT2D eigenvalue weighted by atomic mass is 19.1. The summed E-state index contributed by atoms with van der Waals surface area (Å²) in [4.78, 5) is 16.7. The maximum absolute atomic E-state index is 13.6. The Bertz CT molecular complexity index is 723. The Labute approximate surface area is 135 Å². The molecule has 1 N–H and O–H groups in total. The Kier molecular flexibility index (Phi) is 4.55. The number of carbonyl (C=O) groups excluding carboxylic acids is 1. The smallest absolute Gasteiger partial charge is 0.221 e. The van der Waals surface area contributed by atoms with Crippen molar-refractivity contribution in [3.8, 4) is 0 Å². The van der Waals surface area contributed by atoms with E-state index in [0.29, 0.717) is 23.7 Å². The van der Waals surface area contributed by atoms with Crippen LogP contribution in [-0.2, 0) is 11.8 Å². The molecular formula is C18H20FN3O. The minimum absolute atomic E-state index is 0.0428. The van der Waals surface area contributed by atoms with E-state index in [1.165, 1.54) is 12.1 Å². The summed E-state index contributed by atoms with van der Waals surface area (Å²) in [6.07, 6.45) is 10.2. The summed E-state index contributed by atoms with van der Waals surface area (Å²) in [5, 5.41) is 3.01. The van der Waals surface area contributed by atoms with Crippen LogP contribution in [0, 0.1) is 11.7 Å². The number of imidazole rings is 1. The van der Waals surface area contributed by atoms with E-state index in [1.54, 1.807) is 18.3 Å². The van der Waals surface area contributed by atoms with Crippen LogP contribution in [0.1, 0.15) is 36.7 Å². The maximum atomic E-state index is 13.6. The molecule has 5 heteroatoms. The molecule has 0 spiro atoms. The lowest BCUT2D eigenvalue weighted by Gasteiger charge is -2.20. The monoisotopic (exact) mass is 313 g/mol. The van der Waals surface area contributed by atoms with Gasteiger partial charge in [0.1, 0.15) is 17.7 Å². The first-order valence-corrected chi connectivity index (χ1v) is 7.82. The number of halogens is 1. The molecule has 1 amide bonds. The fourth-order valence-corrected chi connectivity index (χ4v) is 2.96. The van der Waals surface area contributed by atoms with Gasteiger partial charge in [-0.05, 0) is 36.5 Å². The number of hydrogen-bond donors (Lipinski definition) is 1. The lowest BCUT2D eigenvalue weighted by atomic mass is 10.0. The number of rotatable bonds is 5. The van der Waals surface area contributed by atoms with Crippen LogP contribution in [0.25, 0.3) is 0 Å². The SMILES string of the molecule is Cn1ccnc1[C@H](NC(=O)C[C@H]1C=CCC1)c1cccc(F)c1. The molecule has 1 heterocycles. The van der Waals surface area contributed by atoms with Crippen LogP contribution in [-0.4, -0.2) is 15.5 Å². The number of carbonyl (C=O) groups is 1. The van der Waals surface area contributed by atoms with E-state index >= 15 is 0 Å². The number of amides is 1. The van der Waals surface area contributed by atoms with Gasteiger partial charge in [-0.1, -0.05) is 24.3 Å². The molecule has 0 saturated carbocycles. The minimum atomic E-state index is -0.455. The maximum Gasteiger partial charge on any atom is 0.221 e.